The lowest BCUT2D eigenvalue weighted by atomic mass is 10.0. The van der Waals surface area contributed by atoms with Gasteiger partial charge in [-0.3, -0.25) is 4.79 Å². The number of nitrogens with zero attached hydrogens (tertiary/aromatic N) is 2. The number of halogens is 3. The third-order valence-electron chi connectivity index (χ3n) is 3.17. The van der Waals surface area contributed by atoms with Crippen LogP contribution in [-0.4, -0.2) is 38.8 Å². The smallest absolute Gasteiger partial charge is 0.399 e. The molecule has 0 spiro atoms. The van der Waals surface area contributed by atoms with Crippen LogP contribution in [0.15, 0.2) is 12.4 Å². The van der Waals surface area contributed by atoms with Gasteiger partial charge in [0.15, 0.2) is 0 Å². The maximum absolute atomic E-state index is 13.1. The number of aromatic nitrogens is 2. The van der Waals surface area contributed by atoms with Gasteiger partial charge in [0.1, 0.15) is 17.8 Å². The number of hydrogen-bond acceptors (Lipinski definition) is 3. The summed E-state index contributed by atoms with van der Waals surface area (Å²) >= 11 is 0. The summed E-state index contributed by atoms with van der Waals surface area (Å²) in [5.41, 5.74) is 0. The van der Waals surface area contributed by atoms with E-state index < -0.39 is 36.4 Å². The molecular formula is C13H18F3N3O3. The number of amides is 1. The number of carbonyl (C=O) groups excluding carboxylic acids is 1. The van der Waals surface area contributed by atoms with Crippen LogP contribution in [0, 0.1) is 0 Å². The molecule has 0 saturated carbocycles. The number of aliphatic carboxylic acids is 1. The van der Waals surface area contributed by atoms with Gasteiger partial charge in [0.2, 0.25) is 5.91 Å². The van der Waals surface area contributed by atoms with Gasteiger partial charge in [-0.25, -0.2) is 9.78 Å². The van der Waals surface area contributed by atoms with Crippen LogP contribution in [0.5, 0.6) is 0 Å². The van der Waals surface area contributed by atoms with Gasteiger partial charge in [-0.1, -0.05) is 13.3 Å². The number of carbonyl (C=O) groups is 2. The molecule has 2 N–H and O–H groups in total. The van der Waals surface area contributed by atoms with Crippen LogP contribution >= 0.6 is 0 Å². The molecule has 1 aromatic rings. The SMILES string of the molecule is CCC[C@H](NC(=O)C[C@H](c1nccn1C)C(F)(F)F)C(=O)O. The number of rotatable bonds is 7. The summed E-state index contributed by atoms with van der Waals surface area (Å²) in [6.07, 6.45) is -2.35. The highest BCUT2D eigenvalue weighted by atomic mass is 19.4. The average Bonchev–Trinajstić information content (AvgIpc) is 2.80. The van der Waals surface area contributed by atoms with Crippen molar-refractivity contribution in [2.75, 3.05) is 0 Å². The molecule has 0 aliphatic carbocycles. The fourth-order valence-corrected chi connectivity index (χ4v) is 2.05. The molecule has 0 radical (unpaired) electrons. The molecule has 0 aliphatic heterocycles. The maximum atomic E-state index is 13.1. The Morgan fingerprint density at radius 3 is 2.50 bits per heavy atom. The van der Waals surface area contributed by atoms with E-state index in [1.54, 1.807) is 6.92 Å². The number of carboxylic acids is 1. The van der Waals surface area contributed by atoms with E-state index in [-0.39, 0.29) is 12.2 Å². The normalized spacial score (nSPS) is 14.4. The van der Waals surface area contributed by atoms with Crippen molar-refractivity contribution in [2.24, 2.45) is 7.05 Å². The Morgan fingerprint density at radius 2 is 2.09 bits per heavy atom. The van der Waals surface area contributed by atoms with Gasteiger partial charge in [-0.15, -0.1) is 0 Å². The van der Waals surface area contributed by atoms with Gasteiger partial charge >= 0.3 is 12.1 Å². The van der Waals surface area contributed by atoms with Crippen LogP contribution < -0.4 is 5.32 Å². The minimum absolute atomic E-state index is 0.153. The molecule has 0 fully saturated rings. The van der Waals surface area contributed by atoms with Crippen LogP contribution in [0.1, 0.15) is 37.9 Å². The first-order valence-electron chi connectivity index (χ1n) is 6.72. The molecule has 0 unspecified atom stereocenters. The number of imidazole rings is 1. The second-order valence-corrected chi connectivity index (χ2v) is 4.94. The standard InChI is InChI=1S/C13H18F3N3O3/c1-3-4-9(12(21)22)18-10(20)7-8(13(14,15)16)11-17-5-6-19(11)2/h5-6,8-9H,3-4,7H2,1-2H3,(H,18,20)(H,21,22)/t8-,9+/m1/s1. The molecule has 0 aliphatic rings. The van der Waals surface area contributed by atoms with E-state index in [1.165, 1.54) is 24.0 Å². The first-order valence-corrected chi connectivity index (χ1v) is 6.72. The highest BCUT2D eigenvalue weighted by molar-refractivity contribution is 5.83. The van der Waals surface area contributed by atoms with E-state index >= 15 is 0 Å². The predicted octanol–water partition coefficient (Wildman–Crippen LogP) is 1.83. The molecule has 22 heavy (non-hydrogen) atoms. The van der Waals surface area contributed by atoms with Crippen molar-refractivity contribution >= 4 is 11.9 Å². The largest absolute Gasteiger partial charge is 0.480 e. The third-order valence-corrected chi connectivity index (χ3v) is 3.17. The summed E-state index contributed by atoms with van der Waals surface area (Å²) < 4.78 is 40.5. The van der Waals surface area contributed by atoms with Crippen LogP contribution in [0.2, 0.25) is 0 Å². The van der Waals surface area contributed by atoms with Gasteiger partial charge in [0, 0.05) is 25.9 Å². The van der Waals surface area contributed by atoms with Crippen molar-refractivity contribution in [3.8, 4) is 0 Å². The molecule has 1 heterocycles. The predicted molar refractivity (Wildman–Crippen MR) is 71.1 cm³/mol. The lowest BCUT2D eigenvalue weighted by molar-refractivity contribution is -0.159. The third kappa shape index (κ3) is 4.74. The highest BCUT2D eigenvalue weighted by Crippen LogP contribution is 2.36. The van der Waals surface area contributed by atoms with Gasteiger partial charge in [-0.05, 0) is 6.42 Å². The van der Waals surface area contributed by atoms with Crippen LogP contribution in [-0.2, 0) is 16.6 Å². The topological polar surface area (TPSA) is 84.2 Å². The van der Waals surface area contributed by atoms with Crippen LogP contribution in [0.4, 0.5) is 13.2 Å². The highest BCUT2D eigenvalue weighted by Gasteiger charge is 2.44. The summed E-state index contributed by atoms with van der Waals surface area (Å²) in [7, 11) is 1.40. The lowest BCUT2D eigenvalue weighted by Gasteiger charge is -2.21. The molecule has 0 bridgehead atoms. The maximum Gasteiger partial charge on any atom is 0.399 e. The van der Waals surface area contributed by atoms with Gasteiger partial charge in [0.25, 0.3) is 0 Å². The van der Waals surface area contributed by atoms with Crippen molar-refractivity contribution in [1.82, 2.24) is 14.9 Å². The summed E-state index contributed by atoms with van der Waals surface area (Å²) in [6, 6.07) is -1.19. The zero-order chi connectivity index (χ0) is 16.9. The molecule has 1 amide bonds. The minimum atomic E-state index is -4.65. The van der Waals surface area contributed by atoms with Gasteiger partial charge in [0.05, 0.1) is 0 Å². The Balaban J connectivity index is 2.85. The van der Waals surface area contributed by atoms with E-state index in [4.69, 9.17) is 5.11 Å². The molecule has 1 rings (SSSR count). The Kier molecular flexibility index (Phi) is 5.95. The number of nitrogens with one attached hydrogen (secondary N) is 1. The average molecular weight is 321 g/mol. The molecule has 1 aromatic heterocycles. The second-order valence-electron chi connectivity index (χ2n) is 4.94. The summed E-state index contributed by atoms with van der Waals surface area (Å²) in [4.78, 5) is 26.4. The summed E-state index contributed by atoms with van der Waals surface area (Å²) in [6.45, 7) is 1.72. The van der Waals surface area contributed by atoms with Crippen molar-refractivity contribution < 1.29 is 27.9 Å². The Bertz CT molecular complexity index is 528. The quantitative estimate of drug-likeness (QED) is 0.802. The Labute approximate surface area is 125 Å². The van der Waals surface area contributed by atoms with E-state index in [1.807, 2.05) is 0 Å². The molecule has 6 nitrogen and oxygen atoms in total. The summed E-state index contributed by atoms with van der Waals surface area (Å²) in [5, 5.41) is 11.0. The lowest BCUT2D eigenvalue weighted by Crippen LogP contribution is -2.42. The van der Waals surface area contributed by atoms with E-state index in [0.717, 1.165) is 0 Å². The molecule has 0 saturated heterocycles. The number of alkyl halides is 3. The molecule has 124 valence electrons. The zero-order valence-corrected chi connectivity index (χ0v) is 12.2. The fourth-order valence-electron chi connectivity index (χ4n) is 2.05. The molecule has 9 heteroatoms. The number of hydrogen-bond donors (Lipinski definition) is 2. The number of aryl methyl sites for hydroxylation is 1. The monoisotopic (exact) mass is 321 g/mol. The zero-order valence-electron chi connectivity index (χ0n) is 12.2. The van der Waals surface area contributed by atoms with Gasteiger partial charge in [-0.2, -0.15) is 13.2 Å². The van der Waals surface area contributed by atoms with Crippen molar-refractivity contribution in [2.45, 2.75) is 44.3 Å². The fraction of sp³-hybridized carbons (Fsp3) is 0.615. The Hall–Kier alpha value is -2.06. The molecule has 0 aromatic carbocycles. The van der Waals surface area contributed by atoms with Gasteiger partial charge < -0.3 is 15.0 Å². The van der Waals surface area contributed by atoms with Crippen LogP contribution in [0.25, 0.3) is 0 Å². The first kappa shape index (κ1) is 18.0. The van der Waals surface area contributed by atoms with E-state index in [0.29, 0.717) is 6.42 Å². The van der Waals surface area contributed by atoms with E-state index in [9.17, 15) is 22.8 Å². The van der Waals surface area contributed by atoms with Crippen LogP contribution in [0.3, 0.4) is 0 Å². The van der Waals surface area contributed by atoms with Crippen molar-refractivity contribution in [3.05, 3.63) is 18.2 Å². The van der Waals surface area contributed by atoms with Crippen molar-refractivity contribution in [3.63, 3.8) is 0 Å². The number of carboxylic acid groups (broad SMARTS) is 1. The summed E-state index contributed by atoms with van der Waals surface area (Å²) in [5.74, 6) is -4.60. The molecular weight excluding hydrogens is 303 g/mol. The second kappa shape index (κ2) is 7.28. The van der Waals surface area contributed by atoms with Crippen molar-refractivity contribution in [1.29, 1.82) is 0 Å². The molecule has 2 atom stereocenters. The Morgan fingerprint density at radius 1 is 1.45 bits per heavy atom. The van der Waals surface area contributed by atoms with E-state index in [2.05, 4.69) is 10.3 Å². The first-order chi connectivity index (χ1) is 10.2. The minimum Gasteiger partial charge on any atom is -0.480 e.